The van der Waals surface area contributed by atoms with E-state index in [0.29, 0.717) is 10.7 Å². The van der Waals surface area contributed by atoms with Crippen LogP contribution in [-0.2, 0) is 6.18 Å². The lowest BCUT2D eigenvalue weighted by Crippen LogP contribution is -2.25. The Labute approximate surface area is 109 Å². The van der Waals surface area contributed by atoms with E-state index < -0.39 is 23.5 Å². The van der Waals surface area contributed by atoms with Crippen LogP contribution in [-0.4, -0.2) is 20.7 Å². The SMILES string of the molecule is O=C([O-])c1cc(C(F)(F)F)nn1-c1ncccc1Cl. The molecule has 0 unspecified atom stereocenters. The van der Waals surface area contributed by atoms with E-state index in [1.54, 1.807) is 0 Å². The third-order valence-electron chi connectivity index (χ3n) is 2.15. The van der Waals surface area contributed by atoms with Gasteiger partial charge in [-0.2, -0.15) is 18.3 Å². The summed E-state index contributed by atoms with van der Waals surface area (Å²) in [5, 5.41) is 14.0. The lowest BCUT2D eigenvalue weighted by molar-refractivity contribution is -0.255. The van der Waals surface area contributed by atoms with Crippen molar-refractivity contribution in [2.24, 2.45) is 0 Å². The van der Waals surface area contributed by atoms with Crippen molar-refractivity contribution in [3.8, 4) is 5.82 Å². The van der Waals surface area contributed by atoms with Gasteiger partial charge in [0.25, 0.3) is 0 Å². The van der Waals surface area contributed by atoms with Gasteiger partial charge in [0, 0.05) is 6.20 Å². The van der Waals surface area contributed by atoms with Crippen molar-refractivity contribution in [2.45, 2.75) is 6.18 Å². The van der Waals surface area contributed by atoms with Crippen molar-refractivity contribution >= 4 is 17.6 Å². The van der Waals surface area contributed by atoms with Gasteiger partial charge in [-0.25, -0.2) is 9.67 Å². The highest BCUT2D eigenvalue weighted by Gasteiger charge is 2.35. The summed E-state index contributed by atoms with van der Waals surface area (Å²) in [6.45, 7) is 0. The highest BCUT2D eigenvalue weighted by Crippen LogP contribution is 2.30. The van der Waals surface area contributed by atoms with Gasteiger partial charge >= 0.3 is 6.18 Å². The van der Waals surface area contributed by atoms with E-state index in [1.807, 2.05) is 0 Å². The van der Waals surface area contributed by atoms with E-state index in [0.717, 1.165) is 0 Å². The van der Waals surface area contributed by atoms with Gasteiger partial charge in [0.15, 0.2) is 11.5 Å². The third-order valence-corrected chi connectivity index (χ3v) is 2.44. The van der Waals surface area contributed by atoms with Gasteiger partial charge in [0.05, 0.1) is 16.7 Å². The number of carboxylic acid groups (broad SMARTS) is 1. The second-order valence-corrected chi connectivity index (χ2v) is 3.83. The summed E-state index contributed by atoms with van der Waals surface area (Å²) < 4.78 is 38.0. The maximum Gasteiger partial charge on any atom is 0.435 e. The molecule has 0 aliphatic carbocycles. The zero-order valence-corrected chi connectivity index (χ0v) is 9.74. The Morgan fingerprint density at radius 3 is 2.63 bits per heavy atom. The summed E-state index contributed by atoms with van der Waals surface area (Å²) in [7, 11) is 0. The van der Waals surface area contributed by atoms with Crippen LogP contribution in [0.5, 0.6) is 0 Å². The van der Waals surface area contributed by atoms with Crippen LogP contribution in [0.15, 0.2) is 24.4 Å². The molecule has 0 radical (unpaired) electrons. The maximum absolute atomic E-state index is 12.5. The maximum atomic E-state index is 12.5. The first-order valence-corrected chi connectivity index (χ1v) is 5.18. The number of aromatic carboxylic acids is 1. The molecule has 9 heteroatoms. The second kappa shape index (κ2) is 4.54. The number of carbonyl (C=O) groups is 1. The summed E-state index contributed by atoms with van der Waals surface area (Å²) in [5.74, 6) is -2.04. The van der Waals surface area contributed by atoms with Gasteiger partial charge in [-0.3, -0.25) is 0 Å². The number of hydrogen-bond acceptors (Lipinski definition) is 4. The smallest absolute Gasteiger partial charge is 0.435 e. The molecule has 2 rings (SSSR count). The number of pyridine rings is 1. The molecule has 0 aliphatic rings. The van der Waals surface area contributed by atoms with Crippen LogP contribution in [0.25, 0.3) is 5.82 Å². The lowest BCUT2D eigenvalue weighted by Gasteiger charge is -2.07. The average Bonchev–Trinajstić information content (AvgIpc) is 2.74. The molecule has 0 aromatic carbocycles. The number of rotatable bonds is 2. The first-order chi connectivity index (χ1) is 8.80. The number of hydrogen-bond donors (Lipinski definition) is 0. The van der Waals surface area contributed by atoms with Crippen molar-refractivity contribution in [3.63, 3.8) is 0 Å². The Morgan fingerprint density at radius 1 is 1.42 bits per heavy atom. The molecule has 19 heavy (non-hydrogen) atoms. The summed E-state index contributed by atoms with van der Waals surface area (Å²) in [4.78, 5) is 14.5. The monoisotopic (exact) mass is 290 g/mol. The minimum Gasteiger partial charge on any atom is -0.543 e. The number of carboxylic acids is 1. The highest BCUT2D eigenvalue weighted by atomic mass is 35.5. The number of halogens is 4. The van der Waals surface area contributed by atoms with Crippen LogP contribution in [0.4, 0.5) is 13.2 Å². The largest absolute Gasteiger partial charge is 0.543 e. The molecule has 5 nitrogen and oxygen atoms in total. The van der Waals surface area contributed by atoms with Gasteiger partial charge in [-0.05, 0) is 18.2 Å². The third kappa shape index (κ3) is 2.53. The normalized spacial score (nSPS) is 11.6. The molecule has 0 atom stereocenters. The Hall–Kier alpha value is -2.09. The molecular weight excluding hydrogens is 287 g/mol. The predicted octanol–water partition coefficient (Wildman–Crippen LogP) is 1.30. The standard InChI is InChI=1S/C10H5ClF3N3O2/c11-5-2-1-3-15-8(5)17-6(9(18)19)4-7(16-17)10(12,13)14/h1-4H,(H,18,19)/p-1. The van der Waals surface area contributed by atoms with E-state index in [1.165, 1.54) is 18.3 Å². The van der Waals surface area contributed by atoms with Gasteiger partial charge < -0.3 is 9.90 Å². The fourth-order valence-corrected chi connectivity index (χ4v) is 1.56. The summed E-state index contributed by atoms with van der Waals surface area (Å²) >= 11 is 5.74. The van der Waals surface area contributed by atoms with Crippen molar-refractivity contribution in [3.05, 3.63) is 40.8 Å². The quantitative estimate of drug-likeness (QED) is 0.836. The summed E-state index contributed by atoms with van der Waals surface area (Å²) in [5.41, 5.74) is -2.15. The fraction of sp³-hybridized carbons (Fsp3) is 0.100. The molecule has 2 heterocycles. The number of nitrogens with zero attached hydrogens (tertiary/aromatic N) is 3. The fourth-order valence-electron chi connectivity index (χ4n) is 1.36. The molecule has 0 saturated carbocycles. The summed E-state index contributed by atoms with van der Waals surface area (Å²) in [6.07, 6.45) is -3.54. The Balaban J connectivity index is 2.66. The molecule has 0 spiro atoms. The van der Waals surface area contributed by atoms with Crippen molar-refractivity contribution in [1.82, 2.24) is 14.8 Å². The zero-order chi connectivity index (χ0) is 14.2. The number of aromatic nitrogens is 3. The first-order valence-electron chi connectivity index (χ1n) is 4.80. The topological polar surface area (TPSA) is 70.8 Å². The van der Waals surface area contributed by atoms with E-state index >= 15 is 0 Å². The minimum atomic E-state index is -4.78. The Kier molecular flexibility index (Phi) is 3.19. The predicted molar refractivity (Wildman–Crippen MR) is 55.7 cm³/mol. The zero-order valence-electron chi connectivity index (χ0n) is 8.98. The molecule has 0 bridgehead atoms. The van der Waals surface area contributed by atoms with E-state index in [2.05, 4.69) is 10.1 Å². The molecule has 100 valence electrons. The molecule has 0 saturated heterocycles. The second-order valence-electron chi connectivity index (χ2n) is 3.42. The van der Waals surface area contributed by atoms with E-state index in [-0.39, 0.29) is 10.8 Å². The molecular formula is C10H4ClF3N3O2-. The van der Waals surface area contributed by atoms with E-state index in [4.69, 9.17) is 11.6 Å². The van der Waals surface area contributed by atoms with Gasteiger partial charge in [-0.1, -0.05) is 11.6 Å². The molecule has 0 amide bonds. The molecule has 0 fully saturated rings. The lowest BCUT2D eigenvalue weighted by atomic mass is 10.3. The van der Waals surface area contributed by atoms with Crippen molar-refractivity contribution in [1.29, 1.82) is 0 Å². The van der Waals surface area contributed by atoms with E-state index in [9.17, 15) is 23.1 Å². The first kappa shape index (κ1) is 13.3. The van der Waals surface area contributed by atoms with Crippen LogP contribution < -0.4 is 5.11 Å². The van der Waals surface area contributed by atoms with Crippen LogP contribution in [0.2, 0.25) is 5.02 Å². The molecule has 2 aromatic rings. The van der Waals surface area contributed by atoms with Crippen LogP contribution in [0.1, 0.15) is 16.2 Å². The number of carbonyl (C=O) groups excluding carboxylic acids is 1. The van der Waals surface area contributed by atoms with Crippen LogP contribution in [0, 0.1) is 0 Å². The van der Waals surface area contributed by atoms with Gasteiger partial charge in [0.1, 0.15) is 0 Å². The Morgan fingerprint density at radius 2 is 2.11 bits per heavy atom. The molecule has 0 N–H and O–H groups in total. The van der Waals surface area contributed by atoms with Crippen LogP contribution in [0.3, 0.4) is 0 Å². The molecule has 2 aromatic heterocycles. The van der Waals surface area contributed by atoms with Crippen molar-refractivity contribution in [2.75, 3.05) is 0 Å². The summed E-state index contributed by atoms with van der Waals surface area (Å²) in [6, 6.07) is 3.15. The minimum absolute atomic E-state index is 0.0400. The average molecular weight is 291 g/mol. The number of alkyl halides is 3. The van der Waals surface area contributed by atoms with Crippen LogP contribution >= 0.6 is 11.6 Å². The van der Waals surface area contributed by atoms with Crippen molar-refractivity contribution < 1.29 is 23.1 Å². The highest BCUT2D eigenvalue weighted by molar-refractivity contribution is 6.32. The Bertz CT molecular complexity index is 639. The molecule has 0 aliphatic heterocycles. The van der Waals surface area contributed by atoms with Gasteiger partial charge in [-0.15, -0.1) is 0 Å². The van der Waals surface area contributed by atoms with Gasteiger partial charge in [0.2, 0.25) is 0 Å².